The number of carbonyl (C=O) groups excluding carboxylic acids is 2. The third kappa shape index (κ3) is 4.83. The number of methoxy groups -OCH3 is 2. The van der Waals surface area contributed by atoms with Gasteiger partial charge in [-0.05, 0) is 42.0 Å². The van der Waals surface area contributed by atoms with Crippen molar-refractivity contribution in [2.24, 2.45) is 0 Å². The highest BCUT2D eigenvalue weighted by Gasteiger charge is 2.15. The minimum absolute atomic E-state index is 0.0170. The molecule has 0 saturated heterocycles. The van der Waals surface area contributed by atoms with Gasteiger partial charge in [-0.25, -0.2) is 9.78 Å². The second-order valence-corrected chi connectivity index (χ2v) is 6.25. The molecule has 7 nitrogen and oxygen atoms in total. The van der Waals surface area contributed by atoms with E-state index in [-0.39, 0.29) is 10.7 Å². The number of rotatable bonds is 5. The predicted octanol–water partition coefficient (Wildman–Crippen LogP) is 4.38. The Morgan fingerprint density at radius 1 is 1.00 bits per heavy atom. The fourth-order valence-electron chi connectivity index (χ4n) is 2.67. The zero-order chi connectivity index (χ0) is 20.8. The molecule has 0 saturated carbocycles. The maximum atomic E-state index is 12.2. The van der Waals surface area contributed by atoms with Gasteiger partial charge in [0.15, 0.2) is 0 Å². The van der Waals surface area contributed by atoms with E-state index < -0.39 is 11.9 Å². The van der Waals surface area contributed by atoms with Gasteiger partial charge in [0, 0.05) is 23.5 Å². The molecule has 0 atom stereocenters. The van der Waals surface area contributed by atoms with Crippen molar-refractivity contribution in [2.45, 2.75) is 0 Å². The Balaban J connectivity index is 1.73. The summed E-state index contributed by atoms with van der Waals surface area (Å²) in [6.07, 6.45) is 1.45. The molecule has 29 heavy (non-hydrogen) atoms. The van der Waals surface area contributed by atoms with Crippen molar-refractivity contribution in [3.8, 4) is 22.6 Å². The number of nitrogens with one attached hydrogen (secondary N) is 2. The lowest BCUT2D eigenvalue weighted by Gasteiger charge is -2.12. The summed E-state index contributed by atoms with van der Waals surface area (Å²) in [4.78, 5) is 28.1. The molecule has 0 unspecified atom stereocenters. The highest BCUT2D eigenvalue weighted by atomic mass is 35.5. The first-order valence-corrected chi connectivity index (χ1v) is 8.95. The standard InChI is InChI=1S/C21H18ClN3O4/c1-28-15-8-5-13(6-9-15)16-10-7-14(12-18(16)29-2)24-21(27)25-20(26)17-4-3-11-23-19(17)22/h3-12H,1-2H3,(H2,24,25,26,27). The van der Waals surface area contributed by atoms with Crippen molar-refractivity contribution in [1.29, 1.82) is 0 Å². The Labute approximate surface area is 172 Å². The molecule has 3 amide bonds. The van der Waals surface area contributed by atoms with Crippen molar-refractivity contribution in [2.75, 3.05) is 19.5 Å². The molecule has 0 radical (unpaired) electrons. The average Bonchev–Trinajstić information content (AvgIpc) is 2.74. The number of amides is 3. The lowest BCUT2D eigenvalue weighted by molar-refractivity contribution is 0.0967. The number of carbonyl (C=O) groups is 2. The largest absolute Gasteiger partial charge is 0.497 e. The number of imide groups is 1. The normalized spacial score (nSPS) is 10.2. The van der Waals surface area contributed by atoms with E-state index in [0.29, 0.717) is 11.4 Å². The number of pyridine rings is 1. The summed E-state index contributed by atoms with van der Waals surface area (Å²) >= 11 is 5.87. The molecule has 148 valence electrons. The van der Waals surface area contributed by atoms with Crippen LogP contribution in [0.2, 0.25) is 5.15 Å². The summed E-state index contributed by atoms with van der Waals surface area (Å²) in [7, 11) is 3.15. The van der Waals surface area contributed by atoms with Gasteiger partial charge in [-0.1, -0.05) is 23.7 Å². The van der Waals surface area contributed by atoms with E-state index in [1.54, 1.807) is 32.4 Å². The van der Waals surface area contributed by atoms with E-state index >= 15 is 0 Å². The highest BCUT2D eigenvalue weighted by molar-refractivity contribution is 6.33. The molecule has 1 aromatic heterocycles. The second-order valence-electron chi connectivity index (χ2n) is 5.89. The molecular weight excluding hydrogens is 394 g/mol. The second kappa shape index (κ2) is 9.07. The van der Waals surface area contributed by atoms with E-state index in [1.165, 1.54) is 12.3 Å². The maximum absolute atomic E-state index is 12.2. The van der Waals surface area contributed by atoms with E-state index in [1.807, 2.05) is 30.3 Å². The maximum Gasteiger partial charge on any atom is 0.326 e. The minimum Gasteiger partial charge on any atom is -0.497 e. The number of anilines is 1. The van der Waals surface area contributed by atoms with Crippen LogP contribution in [-0.2, 0) is 0 Å². The Bertz CT molecular complexity index is 1040. The molecule has 2 aromatic carbocycles. The van der Waals surface area contributed by atoms with Crippen molar-refractivity contribution in [1.82, 2.24) is 10.3 Å². The van der Waals surface area contributed by atoms with Crippen LogP contribution in [0.4, 0.5) is 10.5 Å². The van der Waals surface area contributed by atoms with Gasteiger partial charge < -0.3 is 14.8 Å². The number of hydrogen-bond donors (Lipinski definition) is 2. The van der Waals surface area contributed by atoms with Gasteiger partial charge in [0.05, 0.1) is 19.8 Å². The molecule has 3 aromatic rings. The number of urea groups is 1. The van der Waals surface area contributed by atoms with Gasteiger partial charge in [0.2, 0.25) is 0 Å². The van der Waals surface area contributed by atoms with Crippen molar-refractivity contribution < 1.29 is 19.1 Å². The van der Waals surface area contributed by atoms with Crippen LogP contribution in [-0.4, -0.2) is 31.1 Å². The first kappa shape index (κ1) is 20.2. The molecule has 1 heterocycles. The number of benzene rings is 2. The molecule has 8 heteroatoms. The van der Waals surface area contributed by atoms with Crippen molar-refractivity contribution in [3.05, 3.63) is 71.5 Å². The Morgan fingerprint density at radius 2 is 1.76 bits per heavy atom. The Hall–Kier alpha value is -3.58. The van der Waals surface area contributed by atoms with Crippen LogP contribution in [0, 0.1) is 0 Å². The summed E-state index contributed by atoms with van der Waals surface area (Å²) < 4.78 is 10.6. The van der Waals surface area contributed by atoms with Crippen LogP contribution >= 0.6 is 11.6 Å². The number of hydrogen-bond acceptors (Lipinski definition) is 5. The van der Waals surface area contributed by atoms with Gasteiger partial charge in [0.1, 0.15) is 16.7 Å². The van der Waals surface area contributed by atoms with Gasteiger partial charge in [-0.3, -0.25) is 10.1 Å². The van der Waals surface area contributed by atoms with Gasteiger partial charge >= 0.3 is 6.03 Å². The summed E-state index contributed by atoms with van der Waals surface area (Å²) in [5, 5.41) is 4.83. The van der Waals surface area contributed by atoms with Gasteiger partial charge in [-0.15, -0.1) is 0 Å². The van der Waals surface area contributed by atoms with Crippen LogP contribution in [0.5, 0.6) is 11.5 Å². The topological polar surface area (TPSA) is 89.6 Å². The SMILES string of the molecule is COc1ccc(-c2ccc(NC(=O)NC(=O)c3cccnc3Cl)cc2OC)cc1. The minimum atomic E-state index is -0.700. The summed E-state index contributed by atoms with van der Waals surface area (Å²) in [6.45, 7) is 0. The predicted molar refractivity (Wildman–Crippen MR) is 111 cm³/mol. The van der Waals surface area contributed by atoms with Crippen LogP contribution in [0.25, 0.3) is 11.1 Å². The number of aromatic nitrogens is 1. The first-order chi connectivity index (χ1) is 14.0. The third-order valence-electron chi connectivity index (χ3n) is 4.09. The lowest BCUT2D eigenvalue weighted by atomic mass is 10.0. The van der Waals surface area contributed by atoms with Crippen molar-refractivity contribution >= 4 is 29.2 Å². The molecule has 0 bridgehead atoms. The van der Waals surface area contributed by atoms with Gasteiger partial charge in [-0.2, -0.15) is 0 Å². The third-order valence-corrected chi connectivity index (χ3v) is 4.39. The zero-order valence-corrected chi connectivity index (χ0v) is 16.5. The molecule has 2 N–H and O–H groups in total. The Kier molecular flexibility index (Phi) is 6.31. The summed E-state index contributed by atoms with van der Waals surface area (Å²) in [5.74, 6) is 0.665. The molecule has 3 rings (SSSR count). The van der Waals surface area contributed by atoms with Crippen molar-refractivity contribution in [3.63, 3.8) is 0 Å². The molecule has 0 aliphatic heterocycles. The quantitative estimate of drug-likeness (QED) is 0.608. The fourth-order valence-corrected chi connectivity index (χ4v) is 2.87. The van der Waals surface area contributed by atoms with E-state index in [4.69, 9.17) is 21.1 Å². The molecule has 0 aliphatic carbocycles. The van der Waals surface area contributed by atoms with Crippen LogP contribution < -0.4 is 20.1 Å². The molecule has 0 spiro atoms. The Morgan fingerprint density at radius 3 is 2.41 bits per heavy atom. The molecule has 0 fully saturated rings. The first-order valence-electron chi connectivity index (χ1n) is 8.57. The zero-order valence-electron chi connectivity index (χ0n) is 15.7. The average molecular weight is 412 g/mol. The number of nitrogens with zero attached hydrogens (tertiary/aromatic N) is 1. The summed E-state index contributed by atoms with van der Waals surface area (Å²) in [6, 6.07) is 15.0. The molecular formula is C21H18ClN3O4. The lowest BCUT2D eigenvalue weighted by Crippen LogP contribution is -2.34. The van der Waals surface area contributed by atoms with E-state index in [0.717, 1.165) is 16.9 Å². The number of ether oxygens (including phenoxy) is 2. The molecule has 0 aliphatic rings. The number of halogens is 1. The van der Waals surface area contributed by atoms with E-state index in [9.17, 15) is 9.59 Å². The monoisotopic (exact) mass is 411 g/mol. The van der Waals surface area contributed by atoms with Crippen LogP contribution in [0.15, 0.2) is 60.8 Å². The van der Waals surface area contributed by atoms with Crippen LogP contribution in [0.3, 0.4) is 0 Å². The smallest absolute Gasteiger partial charge is 0.326 e. The van der Waals surface area contributed by atoms with Gasteiger partial charge in [0.25, 0.3) is 5.91 Å². The fraction of sp³-hybridized carbons (Fsp3) is 0.0952. The van der Waals surface area contributed by atoms with Crippen LogP contribution in [0.1, 0.15) is 10.4 Å². The van der Waals surface area contributed by atoms with E-state index in [2.05, 4.69) is 15.6 Å². The summed E-state index contributed by atoms with van der Waals surface area (Å²) in [5.41, 5.74) is 2.35. The highest BCUT2D eigenvalue weighted by Crippen LogP contribution is 2.33.